The first kappa shape index (κ1) is 23.2. The van der Waals surface area contributed by atoms with Crippen LogP contribution < -0.4 is 15.7 Å². The summed E-state index contributed by atoms with van der Waals surface area (Å²) >= 11 is 0. The summed E-state index contributed by atoms with van der Waals surface area (Å²) < 4.78 is 44.9. The molecule has 0 radical (unpaired) electrons. The summed E-state index contributed by atoms with van der Waals surface area (Å²) in [6, 6.07) is 12.3. The minimum Gasteiger partial charge on any atom is -0.497 e. The molecular formula is C22H16F3N5O3. The molecule has 0 saturated heterocycles. The van der Waals surface area contributed by atoms with Crippen LogP contribution in [0.3, 0.4) is 0 Å². The Bertz CT molecular complexity index is 1340. The molecule has 0 unspecified atom stereocenters. The van der Waals surface area contributed by atoms with E-state index in [1.165, 1.54) is 26.3 Å². The summed E-state index contributed by atoms with van der Waals surface area (Å²) in [5.74, 6) is -0.279. The highest BCUT2D eigenvalue weighted by Crippen LogP contribution is 2.30. The molecule has 0 aliphatic rings. The van der Waals surface area contributed by atoms with Crippen LogP contribution >= 0.6 is 0 Å². The second-order valence-corrected chi connectivity index (χ2v) is 6.70. The van der Waals surface area contributed by atoms with Crippen molar-refractivity contribution in [2.45, 2.75) is 13.1 Å². The number of halogens is 3. The van der Waals surface area contributed by atoms with Crippen molar-refractivity contribution < 1.29 is 22.7 Å². The van der Waals surface area contributed by atoms with Gasteiger partial charge in [-0.15, -0.1) is 0 Å². The third-order valence-electron chi connectivity index (χ3n) is 4.55. The first-order valence-corrected chi connectivity index (χ1v) is 9.35. The van der Waals surface area contributed by atoms with E-state index in [1.54, 1.807) is 30.3 Å². The Kier molecular flexibility index (Phi) is 6.58. The van der Waals surface area contributed by atoms with Crippen LogP contribution in [-0.2, 0) is 6.18 Å². The minimum atomic E-state index is -4.66. The third-order valence-corrected chi connectivity index (χ3v) is 4.55. The Morgan fingerprint density at radius 2 is 1.97 bits per heavy atom. The van der Waals surface area contributed by atoms with E-state index in [2.05, 4.69) is 15.6 Å². The number of alkyl halides is 3. The first-order valence-electron chi connectivity index (χ1n) is 9.35. The van der Waals surface area contributed by atoms with E-state index in [9.17, 15) is 28.0 Å². The molecule has 0 aliphatic carbocycles. The smallest absolute Gasteiger partial charge is 0.416 e. The molecule has 0 bridgehead atoms. The zero-order valence-corrected chi connectivity index (χ0v) is 17.3. The maximum absolute atomic E-state index is 13.1. The lowest BCUT2D eigenvalue weighted by molar-refractivity contribution is -0.137. The van der Waals surface area contributed by atoms with E-state index in [0.717, 1.165) is 12.1 Å². The van der Waals surface area contributed by atoms with Gasteiger partial charge in [-0.2, -0.15) is 33.3 Å². The number of carbonyl (C=O) groups excluding carboxylic acids is 1. The van der Waals surface area contributed by atoms with Gasteiger partial charge in [-0.1, -0.05) is 18.2 Å². The van der Waals surface area contributed by atoms with Gasteiger partial charge >= 0.3 is 6.18 Å². The van der Waals surface area contributed by atoms with E-state index in [1.807, 2.05) is 0 Å². The number of rotatable bonds is 5. The first-order chi connectivity index (χ1) is 15.7. The SMILES string of the molecule is COc1cccc(/C=N/NC(=O)c2nn(-c3cccc(C(F)(F)F)c3)c(=O)c(C#N)c2C)c1. The topological polar surface area (TPSA) is 109 Å². The zero-order valence-electron chi connectivity index (χ0n) is 17.3. The number of ether oxygens (including phenoxy) is 1. The molecular weight excluding hydrogens is 439 g/mol. The van der Waals surface area contributed by atoms with E-state index in [4.69, 9.17) is 4.74 Å². The average Bonchev–Trinajstić information content (AvgIpc) is 2.79. The standard InChI is InChI=1S/C22H16F3N5O3/c1-13-18(11-26)21(32)30(16-7-4-6-15(10-16)22(23,24)25)29-19(13)20(31)28-27-12-14-5-3-8-17(9-14)33-2/h3-10,12H,1-2H3,(H,28,31)/b27-12+. The number of carbonyl (C=O) groups is 1. The molecule has 1 amide bonds. The van der Waals surface area contributed by atoms with Gasteiger partial charge in [0, 0.05) is 5.56 Å². The number of nitrogens with zero attached hydrogens (tertiary/aromatic N) is 4. The number of amides is 1. The van der Waals surface area contributed by atoms with Gasteiger partial charge in [-0.05, 0) is 42.8 Å². The molecule has 168 valence electrons. The molecule has 33 heavy (non-hydrogen) atoms. The monoisotopic (exact) mass is 455 g/mol. The van der Waals surface area contributed by atoms with Crippen LogP contribution in [0.5, 0.6) is 5.75 Å². The molecule has 1 N–H and O–H groups in total. The minimum absolute atomic E-state index is 0.0280. The Hall–Kier alpha value is -4.46. The molecule has 0 saturated carbocycles. The van der Waals surface area contributed by atoms with Crippen molar-refractivity contribution in [2.75, 3.05) is 7.11 Å². The number of hydrazone groups is 1. The van der Waals surface area contributed by atoms with Crippen molar-refractivity contribution in [3.8, 4) is 17.5 Å². The highest BCUT2D eigenvalue weighted by Gasteiger charge is 2.31. The molecule has 3 aromatic rings. The van der Waals surface area contributed by atoms with E-state index < -0.39 is 28.8 Å². The van der Waals surface area contributed by atoms with Crippen molar-refractivity contribution in [3.05, 3.63) is 86.8 Å². The Labute approximate surface area is 185 Å². The second-order valence-electron chi connectivity index (χ2n) is 6.70. The van der Waals surface area contributed by atoms with Crippen LogP contribution in [0.2, 0.25) is 0 Å². The van der Waals surface area contributed by atoms with Gasteiger partial charge < -0.3 is 4.74 Å². The Morgan fingerprint density at radius 3 is 2.64 bits per heavy atom. The lowest BCUT2D eigenvalue weighted by Gasteiger charge is -2.12. The van der Waals surface area contributed by atoms with Crippen LogP contribution in [0.15, 0.2) is 58.4 Å². The fraction of sp³-hybridized carbons (Fsp3) is 0.136. The lowest BCUT2D eigenvalue weighted by atomic mass is 10.1. The summed E-state index contributed by atoms with van der Waals surface area (Å²) in [6.45, 7) is 1.34. The predicted molar refractivity (Wildman–Crippen MR) is 112 cm³/mol. The fourth-order valence-corrected chi connectivity index (χ4v) is 2.88. The number of nitrogens with one attached hydrogen (secondary N) is 1. The largest absolute Gasteiger partial charge is 0.497 e. The molecule has 2 aromatic carbocycles. The summed E-state index contributed by atoms with van der Waals surface area (Å²) in [6.07, 6.45) is -3.32. The van der Waals surface area contributed by atoms with Crippen LogP contribution in [0.25, 0.3) is 5.69 Å². The Balaban J connectivity index is 1.99. The fourth-order valence-electron chi connectivity index (χ4n) is 2.88. The van der Waals surface area contributed by atoms with Gasteiger partial charge in [0.05, 0.1) is 24.6 Å². The quantitative estimate of drug-likeness (QED) is 0.469. The maximum Gasteiger partial charge on any atom is 0.416 e. The average molecular weight is 455 g/mol. The highest BCUT2D eigenvalue weighted by atomic mass is 19.4. The number of benzene rings is 2. The molecule has 11 heteroatoms. The number of hydrogen-bond donors (Lipinski definition) is 1. The predicted octanol–water partition coefficient (Wildman–Crippen LogP) is 3.20. The molecule has 1 heterocycles. The Morgan fingerprint density at radius 1 is 1.24 bits per heavy atom. The number of methoxy groups -OCH3 is 1. The van der Waals surface area contributed by atoms with E-state index >= 15 is 0 Å². The van der Waals surface area contributed by atoms with Crippen LogP contribution in [0, 0.1) is 18.3 Å². The molecule has 0 aliphatic heterocycles. The van der Waals surface area contributed by atoms with Crippen molar-refractivity contribution in [2.24, 2.45) is 5.10 Å². The number of aromatic nitrogens is 2. The lowest BCUT2D eigenvalue weighted by Crippen LogP contribution is -2.31. The molecule has 0 spiro atoms. The normalized spacial score (nSPS) is 11.3. The van der Waals surface area contributed by atoms with Crippen LogP contribution in [0.1, 0.15) is 32.7 Å². The van der Waals surface area contributed by atoms with Crippen molar-refractivity contribution in [1.82, 2.24) is 15.2 Å². The highest BCUT2D eigenvalue weighted by molar-refractivity contribution is 5.94. The summed E-state index contributed by atoms with van der Waals surface area (Å²) in [7, 11) is 1.50. The van der Waals surface area contributed by atoms with Crippen molar-refractivity contribution >= 4 is 12.1 Å². The van der Waals surface area contributed by atoms with Crippen LogP contribution in [0.4, 0.5) is 13.2 Å². The molecule has 1 aromatic heterocycles. The van der Waals surface area contributed by atoms with Gasteiger partial charge in [0.25, 0.3) is 11.5 Å². The molecule has 0 atom stereocenters. The van der Waals surface area contributed by atoms with Gasteiger partial charge in [0.2, 0.25) is 0 Å². The van der Waals surface area contributed by atoms with Crippen molar-refractivity contribution in [1.29, 1.82) is 5.26 Å². The summed E-state index contributed by atoms with van der Waals surface area (Å²) in [5.41, 5.74) is -0.161. The van der Waals surface area contributed by atoms with Gasteiger partial charge in [-0.25, -0.2) is 5.43 Å². The van der Waals surface area contributed by atoms with E-state index in [0.29, 0.717) is 22.1 Å². The second kappa shape index (κ2) is 9.35. The van der Waals surface area contributed by atoms with Gasteiger partial charge in [0.15, 0.2) is 5.69 Å². The summed E-state index contributed by atoms with van der Waals surface area (Å²) in [4.78, 5) is 25.3. The maximum atomic E-state index is 13.1. The van der Waals surface area contributed by atoms with Crippen molar-refractivity contribution in [3.63, 3.8) is 0 Å². The number of hydrogen-bond acceptors (Lipinski definition) is 6. The molecule has 0 fully saturated rings. The zero-order chi connectivity index (χ0) is 24.2. The van der Waals surface area contributed by atoms with E-state index in [-0.39, 0.29) is 16.9 Å². The van der Waals surface area contributed by atoms with Gasteiger partial charge in [-0.3, -0.25) is 9.59 Å². The van der Waals surface area contributed by atoms with Crippen LogP contribution in [-0.4, -0.2) is 29.0 Å². The summed E-state index contributed by atoms with van der Waals surface area (Å²) in [5, 5.41) is 17.1. The molecule has 8 nitrogen and oxygen atoms in total. The third kappa shape index (κ3) is 5.07. The number of nitriles is 1. The van der Waals surface area contributed by atoms with Gasteiger partial charge in [0.1, 0.15) is 17.4 Å². The molecule has 3 rings (SSSR count).